The van der Waals surface area contributed by atoms with Crippen LogP contribution in [-0.2, 0) is 14.8 Å². The normalized spacial score (nSPS) is 25.1. The molecule has 1 aromatic rings. The van der Waals surface area contributed by atoms with E-state index in [1.165, 1.54) is 6.42 Å². The number of unbranched alkanes of at least 4 members (excludes halogenated alkanes) is 1. The molecule has 0 radical (unpaired) electrons. The molecule has 0 aliphatic heterocycles. The van der Waals surface area contributed by atoms with E-state index in [1.807, 2.05) is 12.1 Å². The van der Waals surface area contributed by atoms with Gasteiger partial charge < -0.3 is 16.1 Å². The molecule has 0 aromatic heterocycles. The maximum absolute atomic E-state index is 12.7. The Morgan fingerprint density at radius 3 is 2.41 bits per heavy atom. The van der Waals surface area contributed by atoms with Gasteiger partial charge in [-0.15, -0.1) is 0 Å². The van der Waals surface area contributed by atoms with Gasteiger partial charge in [-0.3, -0.25) is 4.79 Å². The number of rotatable bonds is 9. The summed E-state index contributed by atoms with van der Waals surface area (Å²) in [6, 6.07) is 8.57. The number of fused-ring (bicyclic) bond motifs is 2. The molecule has 7 nitrogen and oxygen atoms in total. The van der Waals surface area contributed by atoms with E-state index in [4.69, 9.17) is 5.11 Å². The monoisotopic (exact) mass is 455 g/mol. The van der Waals surface area contributed by atoms with Gasteiger partial charge in [0.15, 0.2) is 0 Å². The van der Waals surface area contributed by atoms with Crippen molar-refractivity contribution in [3.63, 3.8) is 0 Å². The van der Waals surface area contributed by atoms with Crippen molar-refractivity contribution in [2.24, 2.45) is 17.8 Å². The summed E-state index contributed by atoms with van der Waals surface area (Å²) in [6.07, 6.45) is 10.00. The first-order chi connectivity index (χ1) is 12.5. The van der Waals surface area contributed by atoms with Crippen molar-refractivity contribution >= 4 is 53.7 Å². The van der Waals surface area contributed by atoms with Crippen molar-refractivity contribution in [3.05, 3.63) is 42.5 Å². The summed E-state index contributed by atoms with van der Waals surface area (Å²) in [5, 5.41) is 8.66. The van der Waals surface area contributed by atoms with Crippen LogP contribution in [0.1, 0.15) is 44.9 Å². The molecule has 2 aliphatic rings. The molecule has 3 rings (SSSR count). The first kappa shape index (κ1) is 28.5. The van der Waals surface area contributed by atoms with Crippen molar-refractivity contribution in [1.82, 2.24) is 4.72 Å². The number of benzene rings is 1. The molecule has 162 valence electrons. The van der Waals surface area contributed by atoms with Gasteiger partial charge >= 0.3 is 43.7 Å². The Balaban J connectivity index is 0.00000261. The van der Waals surface area contributed by atoms with Crippen LogP contribution in [0.5, 0.6) is 0 Å². The van der Waals surface area contributed by atoms with Crippen LogP contribution in [0, 0.1) is 17.8 Å². The Morgan fingerprint density at radius 1 is 1.10 bits per heavy atom. The number of carboxylic acids is 1. The van der Waals surface area contributed by atoms with Gasteiger partial charge in [-0.2, -0.15) is 0 Å². The zero-order chi connectivity index (χ0) is 18.6. The minimum atomic E-state index is -3.49. The Bertz CT molecular complexity index is 755. The second-order valence-electron chi connectivity index (χ2n) is 7.45. The first-order valence-electron chi connectivity index (χ1n) is 9.41. The number of carboxylic acid groups (broad SMARTS) is 1. The minimum absolute atomic E-state index is 0. The average Bonchev–Trinajstić information content (AvgIpc) is 3.20. The summed E-state index contributed by atoms with van der Waals surface area (Å²) in [7, 11) is -3.49. The number of aliphatic carboxylic acids is 1. The fourth-order valence-corrected chi connectivity index (χ4v) is 5.90. The van der Waals surface area contributed by atoms with Crippen LogP contribution in [0.2, 0.25) is 0 Å². The van der Waals surface area contributed by atoms with Crippen LogP contribution in [0.3, 0.4) is 0 Å². The molecule has 2 saturated carbocycles. The summed E-state index contributed by atoms with van der Waals surface area (Å²) in [4.78, 5) is 10.9. The van der Waals surface area contributed by atoms with E-state index in [2.05, 4.69) is 10.8 Å². The van der Waals surface area contributed by atoms with E-state index in [1.54, 1.807) is 24.3 Å². The molecule has 9 heteroatoms. The van der Waals surface area contributed by atoms with Gasteiger partial charge in [0.25, 0.3) is 0 Å². The molecule has 2 fully saturated rings. The third-order valence-electron chi connectivity index (χ3n) is 5.77. The molecule has 0 heterocycles. The van der Waals surface area contributed by atoms with E-state index in [0.29, 0.717) is 29.1 Å². The summed E-state index contributed by atoms with van der Waals surface area (Å²) in [5.74, 6) is 0.598. The third kappa shape index (κ3) is 7.61. The number of nitrogens with one attached hydrogen (secondary N) is 1. The summed E-state index contributed by atoms with van der Waals surface area (Å²) < 4.78 is 28.4. The van der Waals surface area contributed by atoms with Gasteiger partial charge in [0.2, 0.25) is 10.0 Å². The molecule has 2 bridgehead atoms. The van der Waals surface area contributed by atoms with Crippen molar-refractivity contribution in [2.45, 2.75) is 55.9 Å². The Kier molecular flexibility index (Phi) is 12.8. The standard InChI is InChI=1S/C20H27NO4S.Ca.2H2O.2H/c22-19(23)11-7-2-1-6-10-18-15-12-13-16(14-15)20(18)21-26(24,25)17-8-4-3-5-9-17;;;;;/h1,3-6,8-9,15-16,18,20-21H,2,7,10-14H2,(H,22,23);;2*1H2;;/b6-1-;;;;;/t15-,16+,18+,20+;;;;;/m1...../s1. The molecule has 0 spiro atoms. The molecule has 0 amide bonds. The van der Waals surface area contributed by atoms with Crippen molar-refractivity contribution in [2.75, 3.05) is 0 Å². The zero-order valence-electron chi connectivity index (χ0n) is 15.9. The fourth-order valence-electron chi connectivity index (χ4n) is 4.52. The second-order valence-corrected chi connectivity index (χ2v) is 9.16. The van der Waals surface area contributed by atoms with Crippen LogP contribution in [0.25, 0.3) is 0 Å². The number of carbonyl (C=O) groups is 1. The third-order valence-corrected chi connectivity index (χ3v) is 7.24. The quantitative estimate of drug-likeness (QED) is 0.325. The van der Waals surface area contributed by atoms with E-state index in [-0.39, 0.29) is 61.2 Å². The van der Waals surface area contributed by atoms with Crippen molar-refractivity contribution in [3.8, 4) is 0 Å². The molecule has 1 aromatic carbocycles. The first-order valence-corrected chi connectivity index (χ1v) is 10.9. The van der Waals surface area contributed by atoms with E-state index >= 15 is 0 Å². The predicted octanol–water partition coefficient (Wildman–Crippen LogP) is 1.02. The summed E-state index contributed by atoms with van der Waals surface area (Å²) in [6.45, 7) is 0. The number of allylic oxidation sites excluding steroid dienone is 2. The van der Waals surface area contributed by atoms with E-state index in [0.717, 1.165) is 25.7 Å². The SMILES string of the molecule is O.O.O=C(O)CCC/C=C\C[C@H]1[C@@H]2CC[C@@H](C2)[C@@H]1NS(=O)(=O)c1ccccc1.[CaH2]. The van der Waals surface area contributed by atoms with Crippen LogP contribution in [0.15, 0.2) is 47.4 Å². The van der Waals surface area contributed by atoms with Gasteiger partial charge in [-0.05, 0) is 68.4 Å². The second kappa shape index (κ2) is 13.0. The zero-order valence-corrected chi connectivity index (χ0v) is 16.7. The topological polar surface area (TPSA) is 146 Å². The average molecular weight is 456 g/mol. The van der Waals surface area contributed by atoms with Crippen LogP contribution >= 0.6 is 0 Å². The fraction of sp³-hybridized carbons (Fsp3) is 0.550. The summed E-state index contributed by atoms with van der Waals surface area (Å²) >= 11 is 0. The van der Waals surface area contributed by atoms with Gasteiger partial charge in [-0.25, -0.2) is 13.1 Å². The van der Waals surface area contributed by atoms with Crippen LogP contribution in [-0.4, -0.2) is 74.2 Å². The Hall–Kier alpha value is -0.480. The maximum atomic E-state index is 12.7. The van der Waals surface area contributed by atoms with Gasteiger partial charge in [-0.1, -0.05) is 30.4 Å². The predicted molar refractivity (Wildman–Crippen MR) is 116 cm³/mol. The molecular formula is C20H33CaNO6S. The van der Waals surface area contributed by atoms with Crippen LogP contribution in [0.4, 0.5) is 0 Å². The number of hydrogen-bond acceptors (Lipinski definition) is 3. The van der Waals surface area contributed by atoms with Crippen LogP contribution < -0.4 is 4.72 Å². The van der Waals surface area contributed by atoms with Gasteiger partial charge in [0.1, 0.15) is 0 Å². The van der Waals surface area contributed by atoms with E-state index < -0.39 is 16.0 Å². The van der Waals surface area contributed by atoms with E-state index in [9.17, 15) is 13.2 Å². The molecule has 0 saturated heterocycles. The Labute approximate surface area is 202 Å². The van der Waals surface area contributed by atoms with Gasteiger partial charge in [0.05, 0.1) is 4.90 Å². The molecule has 2 aliphatic carbocycles. The van der Waals surface area contributed by atoms with Crippen molar-refractivity contribution in [1.29, 1.82) is 0 Å². The Morgan fingerprint density at radius 2 is 1.76 bits per heavy atom. The number of sulfonamides is 1. The van der Waals surface area contributed by atoms with Crippen molar-refractivity contribution < 1.29 is 29.3 Å². The molecule has 29 heavy (non-hydrogen) atoms. The molecule has 4 atom stereocenters. The molecule has 6 N–H and O–H groups in total. The summed E-state index contributed by atoms with van der Waals surface area (Å²) in [5.41, 5.74) is 0. The molecular weight excluding hydrogens is 422 g/mol. The number of hydrogen-bond donors (Lipinski definition) is 2. The van der Waals surface area contributed by atoms with Gasteiger partial charge in [0, 0.05) is 12.5 Å². The molecule has 0 unspecified atom stereocenters.